The van der Waals surface area contributed by atoms with Crippen LogP contribution in [0.4, 0.5) is 14.5 Å². The summed E-state index contributed by atoms with van der Waals surface area (Å²) in [5.74, 6) is -0.721. The number of Topliss-reactive ketones (excluding diaryl/α,β-unsaturated/α-hetero) is 1. The number of hydrogen-bond acceptors (Lipinski definition) is 4. The van der Waals surface area contributed by atoms with Crippen molar-refractivity contribution in [2.75, 3.05) is 5.33 Å². The first-order chi connectivity index (χ1) is 8.43. The number of halogens is 3. The Balaban J connectivity index is 3.04. The van der Waals surface area contributed by atoms with E-state index in [0.717, 1.165) is 12.1 Å². The van der Waals surface area contributed by atoms with Crippen molar-refractivity contribution in [3.05, 3.63) is 33.9 Å². The van der Waals surface area contributed by atoms with Gasteiger partial charge in [0.15, 0.2) is 0 Å². The van der Waals surface area contributed by atoms with Crippen LogP contribution in [-0.2, 0) is 11.2 Å². The summed E-state index contributed by atoms with van der Waals surface area (Å²) in [6, 6.07) is 3.44. The molecule has 0 fully saturated rings. The summed E-state index contributed by atoms with van der Waals surface area (Å²) in [5.41, 5.74) is -0.189. The number of nitrogens with zero attached hydrogens (tertiary/aromatic N) is 1. The molecule has 0 N–H and O–H groups in total. The van der Waals surface area contributed by atoms with Gasteiger partial charge in [0.2, 0.25) is 5.75 Å². The fraction of sp³-hybridized carbons (Fsp3) is 0.300. The van der Waals surface area contributed by atoms with Crippen LogP contribution in [0.15, 0.2) is 18.2 Å². The second-order valence-electron chi connectivity index (χ2n) is 3.29. The molecule has 0 unspecified atom stereocenters. The molecule has 0 saturated heterocycles. The van der Waals surface area contributed by atoms with Gasteiger partial charge in [-0.25, -0.2) is 0 Å². The van der Waals surface area contributed by atoms with E-state index in [9.17, 15) is 23.7 Å². The first kappa shape index (κ1) is 14.5. The fourth-order valence-electron chi connectivity index (χ4n) is 1.28. The highest BCUT2D eigenvalue weighted by molar-refractivity contribution is 9.09. The molecule has 18 heavy (non-hydrogen) atoms. The molecule has 0 spiro atoms. The first-order valence-corrected chi connectivity index (χ1v) is 5.86. The van der Waals surface area contributed by atoms with E-state index in [1.54, 1.807) is 0 Å². The summed E-state index contributed by atoms with van der Waals surface area (Å²) in [7, 11) is 0. The molecule has 1 rings (SSSR count). The molecule has 0 radical (unpaired) electrons. The zero-order valence-corrected chi connectivity index (χ0v) is 10.5. The predicted octanol–water partition coefficient (Wildman–Crippen LogP) is 2.70. The minimum Gasteiger partial charge on any atom is -0.427 e. The Morgan fingerprint density at radius 2 is 2.17 bits per heavy atom. The Morgan fingerprint density at radius 3 is 2.67 bits per heavy atom. The third kappa shape index (κ3) is 4.02. The smallest absolute Gasteiger partial charge is 0.387 e. The normalized spacial score (nSPS) is 10.4. The molecule has 8 heteroatoms. The number of carbonyl (C=O) groups is 1. The number of hydrogen-bond donors (Lipinski definition) is 0. The van der Waals surface area contributed by atoms with E-state index in [1.165, 1.54) is 6.07 Å². The van der Waals surface area contributed by atoms with Gasteiger partial charge < -0.3 is 4.74 Å². The number of rotatable bonds is 6. The molecule has 0 aliphatic rings. The van der Waals surface area contributed by atoms with Crippen molar-refractivity contribution in [1.82, 2.24) is 0 Å². The monoisotopic (exact) mass is 323 g/mol. The highest BCUT2D eigenvalue weighted by atomic mass is 79.9. The maximum atomic E-state index is 12.1. The van der Waals surface area contributed by atoms with Crippen molar-refractivity contribution in [3.63, 3.8) is 0 Å². The molecular weight excluding hydrogens is 316 g/mol. The van der Waals surface area contributed by atoms with Gasteiger partial charge in [-0.1, -0.05) is 22.0 Å². The molecule has 1 aromatic rings. The van der Waals surface area contributed by atoms with E-state index in [2.05, 4.69) is 20.7 Å². The SMILES string of the molecule is O=C(CBr)Cc1ccc([N+](=O)[O-])c(OC(F)F)c1. The van der Waals surface area contributed by atoms with E-state index in [1.807, 2.05) is 0 Å². The molecule has 0 saturated carbocycles. The average molecular weight is 324 g/mol. The summed E-state index contributed by atoms with van der Waals surface area (Å²) in [6.45, 7) is -3.16. The van der Waals surface area contributed by atoms with Crippen LogP contribution in [0.3, 0.4) is 0 Å². The van der Waals surface area contributed by atoms with Gasteiger partial charge in [0, 0.05) is 12.5 Å². The minimum absolute atomic E-state index is 0.0111. The van der Waals surface area contributed by atoms with E-state index >= 15 is 0 Å². The Bertz CT molecular complexity index is 467. The van der Waals surface area contributed by atoms with Gasteiger partial charge in [0.25, 0.3) is 0 Å². The van der Waals surface area contributed by atoms with Crippen LogP contribution in [0.25, 0.3) is 0 Å². The number of ether oxygens (including phenoxy) is 1. The quantitative estimate of drug-likeness (QED) is 0.458. The minimum atomic E-state index is -3.16. The lowest BCUT2D eigenvalue weighted by Gasteiger charge is -2.07. The molecule has 0 atom stereocenters. The lowest BCUT2D eigenvalue weighted by molar-refractivity contribution is -0.386. The highest BCUT2D eigenvalue weighted by Crippen LogP contribution is 2.29. The molecule has 98 valence electrons. The second-order valence-corrected chi connectivity index (χ2v) is 3.85. The van der Waals surface area contributed by atoms with E-state index < -0.39 is 23.0 Å². The number of ketones is 1. The van der Waals surface area contributed by atoms with Gasteiger partial charge in [-0.15, -0.1) is 0 Å². The molecule has 0 aromatic heterocycles. The van der Waals surface area contributed by atoms with Gasteiger partial charge in [-0.3, -0.25) is 14.9 Å². The van der Waals surface area contributed by atoms with E-state index in [0.29, 0.717) is 5.56 Å². The topological polar surface area (TPSA) is 69.4 Å². The van der Waals surface area contributed by atoms with Crippen LogP contribution >= 0.6 is 15.9 Å². The first-order valence-electron chi connectivity index (χ1n) is 4.74. The zero-order valence-electron chi connectivity index (χ0n) is 8.94. The Kier molecular flexibility index (Phi) is 5.14. The zero-order chi connectivity index (χ0) is 13.7. The second kappa shape index (κ2) is 6.39. The number of carbonyl (C=O) groups excluding carboxylic acids is 1. The number of benzene rings is 1. The maximum Gasteiger partial charge on any atom is 0.387 e. The van der Waals surface area contributed by atoms with Crippen LogP contribution in [0.5, 0.6) is 5.75 Å². The number of nitro groups is 1. The molecule has 0 aliphatic carbocycles. The largest absolute Gasteiger partial charge is 0.427 e. The fourth-order valence-corrected chi connectivity index (χ4v) is 1.48. The lowest BCUT2D eigenvalue weighted by Crippen LogP contribution is -2.07. The van der Waals surface area contributed by atoms with Crippen molar-refractivity contribution in [3.8, 4) is 5.75 Å². The van der Waals surface area contributed by atoms with Crippen molar-refractivity contribution >= 4 is 27.4 Å². The third-order valence-electron chi connectivity index (χ3n) is 1.99. The lowest BCUT2D eigenvalue weighted by atomic mass is 10.1. The van der Waals surface area contributed by atoms with Gasteiger partial charge in [-0.05, 0) is 11.6 Å². The Morgan fingerprint density at radius 1 is 1.50 bits per heavy atom. The van der Waals surface area contributed by atoms with Gasteiger partial charge in [0.05, 0.1) is 10.3 Å². The standard InChI is InChI=1S/C10H8BrF2NO4/c11-5-7(15)3-6-1-2-8(14(16)17)9(4-6)18-10(12)13/h1-2,4,10H,3,5H2. The molecule has 0 aliphatic heterocycles. The van der Waals surface area contributed by atoms with Crippen LogP contribution in [0, 0.1) is 10.1 Å². The molecule has 0 amide bonds. The molecule has 0 bridgehead atoms. The van der Waals surface area contributed by atoms with Crippen LogP contribution in [0.2, 0.25) is 0 Å². The summed E-state index contributed by atoms with van der Waals surface area (Å²) in [6.07, 6.45) is -0.0111. The number of nitro benzene ring substituents is 1. The summed E-state index contributed by atoms with van der Waals surface area (Å²) >= 11 is 2.96. The van der Waals surface area contributed by atoms with E-state index in [-0.39, 0.29) is 17.5 Å². The van der Waals surface area contributed by atoms with Crippen LogP contribution in [0.1, 0.15) is 5.56 Å². The Labute approximate surface area is 109 Å². The Hall–Kier alpha value is -1.57. The predicted molar refractivity (Wildman–Crippen MR) is 62.2 cm³/mol. The van der Waals surface area contributed by atoms with Gasteiger partial charge in [-0.2, -0.15) is 8.78 Å². The molecule has 0 heterocycles. The van der Waals surface area contributed by atoms with Gasteiger partial charge in [0.1, 0.15) is 5.78 Å². The van der Waals surface area contributed by atoms with Gasteiger partial charge >= 0.3 is 12.3 Å². The highest BCUT2D eigenvalue weighted by Gasteiger charge is 2.19. The van der Waals surface area contributed by atoms with Crippen LogP contribution in [-0.4, -0.2) is 22.6 Å². The molecular formula is C10H8BrF2NO4. The van der Waals surface area contributed by atoms with Crippen molar-refractivity contribution in [2.45, 2.75) is 13.0 Å². The summed E-state index contributed by atoms with van der Waals surface area (Å²) in [5, 5.41) is 10.7. The summed E-state index contributed by atoms with van der Waals surface area (Å²) in [4.78, 5) is 20.9. The van der Waals surface area contributed by atoms with Crippen molar-refractivity contribution < 1.29 is 23.2 Å². The van der Waals surface area contributed by atoms with Crippen LogP contribution < -0.4 is 4.74 Å². The maximum absolute atomic E-state index is 12.1. The molecule has 5 nitrogen and oxygen atoms in total. The van der Waals surface area contributed by atoms with Crippen molar-refractivity contribution in [2.24, 2.45) is 0 Å². The van der Waals surface area contributed by atoms with Crippen molar-refractivity contribution in [1.29, 1.82) is 0 Å². The molecule has 1 aromatic carbocycles. The third-order valence-corrected chi connectivity index (χ3v) is 2.61. The number of alkyl halides is 3. The summed E-state index contributed by atoms with van der Waals surface area (Å²) < 4.78 is 28.3. The average Bonchev–Trinajstić information content (AvgIpc) is 2.27. The van der Waals surface area contributed by atoms with E-state index in [4.69, 9.17) is 0 Å².